The smallest absolute Gasteiger partial charge is 0.193 e. The summed E-state index contributed by atoms with van der Waals surface area (Å²) in [5.41, 5.74) is 2.27. The Morgan fingerprint density at radius 1 is 1.27 bits per heavy atom. The Morgan fingerprint density at radius 3 is 2.87 bits per heavy atom. The number of para-hydroxylation sites is 1. The topological polar surface area (TPSA) is 63.9 Å². The van der Waals surface area contributed by atoms with Crippen molar-refractivity contribution in [2.24, 2.45) is 10.9 Å². The van der Waals surface area contributed by atoms with Gasteiger partial charge in [-0.05, 0) is 37.5 Å². The number of halogens is 1. The Labute approximate surface area is 196 Å². The largest absolute Gasteiger partial charge is 0.382 e. The monoisotopic (exact) mass is 527 g/mol. The van der Waals surface area contributed by atoms with E-state index in [1.165, 1.54) is 5.56 Å². The predicted molar refractivity (Wildman–Crippen MR) is 131 cm³/mol. The standard InChI is InChI=1S/C22H33N5O2.HI/c1-3-23-22(26-12-10-20(16-26)18-29-14-13-28-2)24-11-9-19-15-25-27(17-19)21-7-5-4-6-8-21;/h4-8,15,17,20H,3,9-14,16,18H2,1-2H3,(H,23,24);1H. The molecule has 8 heteroatoms. The Kier molecular flexibility index (Phi) is 11.2. The van der Waals surface area contributed by atoms with E-state index in [1.54, 1.807) is 7.11 Å². The van der Waals surface area contributed by atoms with Crippen molar-refractivity contribution >= 4 is 29.9 Å². The molecule has 0 amide bonds. The van der Waals surface area contributed by atoms with Gasteiger partial charge in [-0.2, -0.15) is 5.10 Å². The van der Waals surface area contributed by atoms with Crippen molar-refractivity contribution in [1.82, 2.24) is 20.0 Å². The minimum atomic E-state index is 0. The SMILES string of the molecule is CCNC(=NCCc1cnn(-c2ccccc2)c1)N1CCC(COCCOC)C1.I. The average Bonchev–Trinajstić information content (AvgIpc) is 3.41. The molecule has 0 spiro atoms. The van der Waals surface area contributed by atoms with E-state index in [0.717, 1.165) is 57.3 Å². The van der Waals surface area contributed by atoms with Crippen LogP contribution in [0.1, 0.15) is 18.9 Å². The maximum absolute atomic E-state index is 5.70. The van der Waals surface area contributed by atoms with Crippen LogP contribution in [0.5, 0.6) is 0 Å². The fraction of sp³-hybridized carbons (Fsp3) is 0.545. The number of benzene rings is 1. The van der Waals surface area contributed by atoms with Crippen LogP contribution in [0.2, 0.25) is 0 Å². The van der Waals surface area contributed by atoms with E-state index in [1.807, 2.05) is 29.1 Å². The van der Waals surface area contributed by atoms with Crippen LogP contribution < -0.4 is 5.32 Å². The molecule has 3 rings (SSSR count). The number of hydrogen-bond acceptors (Lipinski definition) is 4. The Balaban J connectivity index is 0.00000320. The lowest BCUT2D eigenvalue weighted by molar-refractivity contribution is 0.0536. The molecule has 1 aromatic heterocycles. The van der Waals surface area contributed by atoms with Crippen LogP contribution in [0, 0.1) is 5.92 Å². The van der Waals surface area contributed by atoms with E-state index in [0.29, 0.717) is 19.1 Å². The van der Waals surface area contributed by atoms with Crippen molar-refractivity contribution in [2.75, 3.05) is 53.1 Å². The van der Waals surface area contributed by atoms with Gasteiger partial charge in [-0.1, -0.05) is 18.2 Å². The van der Waals surface area contributed by atoms with Gasteiger partial charge in [0.15, 0.2) is 5.96 Å². The molecule has 166 valence electrons. The van der Waals surface area contributed by atoms with Crippen molar-refractivity contribution in [3.05, 3.63) is 48.3 Å². The average molecular weight is 527 g/mol. The van der Waals surface area contributed by atoms with Crippen LogP contribution in [0.15, 0.2) is 47.7 Å². The molecule has 1 atom stereocenters. The van der Waals surface area contributed by atoms with E-state index < -0.39 is 0 Å². The van der Waals surface area contributed by atoms with Crippen molar-refractivity contribution in [2.45, 2.75) is 19.8 Å². The zero-order chi connectivity index (χ0) is 20.3. The number of nitrogens with one attached hydrogen (secondary N) is 1. The van der Waals surface area contributed by atoms with Crippen LogP contribution in [-0.2, 0) is 15.9 Å². The zero-order valence-corrected chi connectivity index (χ0v) is 20.3. The predicted octanol–water partition coefficient (Wildman–Crippen LogP) is 2.98. The molecular formula is C22H34IN5O2. The molecular weight excluding hydrogens is 493 g/mol. The Morgan fingerprint density at radius 2 is 2.10 bits per heavy atom. The molecule has 1 N–H and O–H groups in total. The summed E-state index contributed by atoms with van der Waals surface area (Å²) in [6, 6.07) is 10.2. The van der Waals surface area contributed by atoms with Crippen LogP contribution in [0.25, 0.3) is 5.69 Å². The van der Waals surface area contributed by atoms with Crippen molar-refractivity contribution < 1.29 is 9.47 Å². The van der Waals surface area contributed by atoms with Crippen LogP contribution >= 0.6 is 24.0 Å². The van der Waals surface area contributed by atoms with E-state index in [4.69, 9.17) is 14.5 Å². The molecule has 1 saturated heterocycles. The number of rotatable bonds is 10. The quantitative estimate of drug-likeness (QED) is 0.223. The van der Waals surface area contributed by atoms with Gasteiger partial charge in [-0.15, -0.1) is 24.0 Å². The summed E-state index contributed by atoms with van der Waals surface area (Å²) < 4.78 is 12.7. The van der Waals surface area contributed by atoms with E-state index >= 15 is 0 Å². The highest BCUT2D eigenvalue weighted by atomic mass is 127. The summed E-state index contributed by atoms with van der Waals surface area (Å²) in [6.45, 7) is 7.85. The minimum Gasteiger partial charge on any atom is -0.382 e. The van der Waals surface area contributed by atoms with Crippen molar-refractivity contribution in [3.63, 3.8) is 0 Å². The lowest BCUT2D eigenvalue weighted by Gasteiger charge is -2.21. The second kappa shape index (κ2) is 13.6. The summed E-state index contributed by atoms with van der Waals surface area (Å²) in [4.78, 5) is 7.20. The maximum atomic E-state index is 5.70. The number of ether oxygens (including phenoxy) is 2. The normalized spacial score (nSPS) is 16.5. The number of guanidine groups is 1. The number of likely N-dealkylation sites (tertiary alicyclic amines) is 1. The third kappa shape index (κ3) is 7.55. The third-order valence-electron chi connectivity index (χ3n) is 5.02. The molecule has 1 fully saturated rings. The second-order valence-corrected chi connectivity index (χ2v) is 7.28. The summed E-state index contributed by atoms with van der Waals surface area (Å²) in [7, 11) is 1.70. The number of aromatic nitrogens is 2. The van der Waals surface area contributed by atoms with Gasteiger partial charge >= 0.3 is 0 Å². The third-order valence-corrected chi connectivity index (χ3v) is 5.02. The highest BCUT2D eigenvalue weighted by molar-refractivity contribution is 14.0. The zero-order valence-electron chi connectivity index (χ0n) is 18.0. The number of nitrogens with zero attached hydrogens (tertiary/aromatic N) is 4. The number of aliphatic imine (C=N–C) groups is 1. The van der Waals surface area contributed by atoms with Gasteiger partial charge < -0.3 is 19.7 Å². The molecule has 7 nitrogen and oxygen atoms in total. The van der Waals surface area contributed by atoms with E-state index in [2.05, 4.69) is 40.6 Å². The molecule has 2 aromatic rings. The summed E-state index contributed by atoms with van der Waals surface area (Å²) >= 11 is 0. The minimum absolute atomic E-state index is 0. The highest BCUT2D eigenvalue weighted by Gasteiger charge is 2.24. The van der Waals surface area contributed by atoms with Crippen LogP contribution in [-0.4, -0.2) is 73.7 Å². The maximum Gasteiger partial charge on any atom is 0.193 e. The first-order chi connectivity index (χ1) is 14.3. The first kappa shape index (κ1) is 24.6. The lowest BCUT2D eigenvalue weighted by atomic mass is 10.1. The number of hydrogen-bond donors (Lipinski definition) is 1. The molecule has 1 aliphatic heterocycles. The molecule has 1 aromatic carbocycles. The van der Waals surface area contributed by atoms with Crippen LogP contribution in [0.4, 0.5) is 0 Å². The summed E-state index contributed by atoms with van der Waals surface area (Å²) in [6.07, 6.45) is 6.03. The molecule has 1 unspecified atom stereocenters. The molecule has 0 saturated carbocycles. The van der Waals surface area contributed by atoms with E-state index in [9.17, 15) is 0 Å². The molecule has 0 aliphatic carbocycles. The van der Waals surface area contributed by atoms with Crippen molar-refractivity contribution in [3.8, 4) is 5.69 Å². The van der Waals surface area contributed by atoms with Crippen molar-refractivity contribution in [1.29, 1.82) is 0 Å². The van der Waals surface area contributed by atoms with Gasteiger partial charge in [-0.3, -0.25) is 4.99 Å². The Hall–Kier alpha value is -1.65. The Bertz CT molecular complexity index is 753. The first-order valence-electron chi connectivity index (χ1n) is 10.5. The molecule has 30 heavy (non-hydrogen) atoms. The van der Waals surface area contributed by atoms with Crippen LogP contribution in [0.3, 0.4) is 0 Å². The van der Waals surface area contributed by atoms with Gasteiger partial charge in [-0.25, -0.2) is 4.68 Å². The summed E-state index contributed by atoms with van der Waals surface area (Å²) in [5, 5.41) is 7.90. The molecule has 0 bridgehead atoms. The van der Waals surface area contributed by atoms with Gasteiger partial charge in [0.05, 0.1) is 31.7 Å². The van der Waals surface area contributed by atoms with Gasteiger partial charge in [0.25, 0.3) is 0 Å². The van der Waals surface area contributed by atoms with Gasteiger partial charge in [0.1, 0.15) is 0 Å². The molecule has 2 heterocycles. The lowest BCUT2D eigenvalue weighted by Crippen LogP contribution is -2.40. The fourth-order valence-corrected chi connectivity index (χ4v) is 3.48. The van der Waals surface area contributed by atoms with E-state index in [-0.39, 0.29) is 24.0 Å². The first-order valence-corrected chi connectivity index (χ1v) is 10.5. The summed E-state index contributed by atoms with van der Waals surface area (Å²) in [5.74, 6) is 1.56. The molecule has 0 radical (unpaired) electrons. The van der Waals surface area contributed by atoms with Gasteiger partial charge in [0.2, 0.25) is 0 Å². The molecule has 1 aliphatic rings. The van der Waals surface area contributed by atoms with Gasteiger partial charge in [0, 0.05) is 45.4 Å². The second-order valence-electron chi connectivity index (χ2n) is 7.28. The number of methoxy groups -OCH3 is 1. The fourth-order valence-electron chi connectivity index (χ4n) is 3.48. The highest BCUT2D eigenvalue weighted by Crippen LogP contribution is 2.17.